The molecule has 6 heteroatoms. The number of benzene rings is 1. The van der Waals surface area contributed by atoms with Crippen LogP contribution in [-0.2, 0) is 9.47 Å². The van der Waals surface area contributed by atoms with E-state index >= 15 is 0 Å². The van der Waals surface area contributed by atoms with Gasteiger partial charge in [-0.2, -0.15) is 10.2 Å². The molecule has 3 aromatic rings. The van der Waals surface area contributed by atoms with Crippen LogP contribution in [0.5, 0.6) is 0 Å². The van der Waals surface area contributed by atoms with E-state index in [0.717, 1.165) is 38.5 Å². The number of ether oxygens (including phenoxy) is 2. The summed E-state index contributed by atoms with van der Waals surface area (Å²) in [5.41, 5.74) is 1.59. The van der Waals surface area contributed by atoms with Crippen LogP contribution in [-0.4, -0.2) is 32.8 Å². The van der Waals surface area contributed by atoms with E-state index in [-0.39, 0.29) is 47.8 Å². The summed E-state index contributed by atoms with van der Waals surface area (Å²) in [5.74, 6) is 0. The minimum Gasteiger partial charge on any atom is -0.357 e. The van der Waals surface area contributed by atoms with Crippen molar-refractivity contribution < 1.29 is 15.0 Å². The molecule has 0 N–H and O–H groups in total. The van der Waals surface area contributed by atoms with Gasteiger partial charge in [-0.05, 0) is 49.7 Å². The first-order valence-corrected chi connectivity index (χ1v) is 9.97. The molecule has 0 spiro atoms. The highest BCUT2D eigenvalue weighted by molar-refractivity contribution is 5.69. The van der Waals surface area contributed by atoms with E-state index in [2.05, 4.69) is 10.2 Å². The van der Waals surface area contributed by atoms with E-state index in [1.54, 1.807) is 34.2 Å². The van der Waals surface area contributed by atoms with Gasteiger partial charge in [0.25, 0.3) is 0 Å². The minimum absolute atomic E-state index is 0.0909. The maximum atomic E-state index is 8.61. The lowest BCUT2D eigenvalue weighted by atomic mass is 10.0. The molecule has 2 aliphatic heterocycles. The Morgan fingerprint density at radius 1 is 0.714 bits per heavy atom. The summed E-state index contributed by atoms with van der Waals surface area (Å²) in [6, 6.07) is -0.364. The second kappa shape index (κ2) is 7.89. The fourth-order valence-electron chi connectivity index (χ4n) is 3.72. The van der Waals surface area contributed by atoms with Gasteiger partial charge >= 0.3 is 0 Å². The molecule has 0 saturated carbocycles. The second-order valence-electron chi connectivity index (χ2n) is 7.31. The summed E-state index contributed by atoms with van der Waals surface area (Å²) < 4.78 is 49.4. The number of rotatable bonds is 4. The molecule has 2 atom stereocenters. The Morgan fingerprint density at radius 3 is 1.57 bits per heavy atom. The topological polar surface area (TPSA) is 54.1 Å². The van der Waals surface area contributed by atoms with Crippen molar-refractivity contribution in [2.45, 2.75) is 51.0 Å². The van der Waals surface area contributed by atoms with Gasteiger partial charge < -0.3 is 9.47 Å². The zero-order valence-corrected chi connectivity index (χ0v) is 15.7. The van der Waals surface area contributed by atoms with E-state index < -0.39 is 0 Å². The van der Waals surface area contributed by atoms with Gasteiger partial charge in [-0.15, -0.1) is 0 Å². The molecule has 0 radical (unpaired) electrons. The zero-order chi connectivity index (χ0) is 22.2. The Balaban J connectivity index is 1.50. The predicted molar refractivity (Wildman–Crippen MR) is 107 cm³/mol. The summed E-state index contributed by atoms with van der Waals surface area (Å²) in [4.78, 5) is 0. The molecule has 2 fully saturated rings. The van der Waals surface area contributed by atoms with Crippen molar-refractivity contribution in [3.8, 4) is 22.3 Å². The normalized spacial score (nSPS) is 25.0. The van der Waals surface area contributed by atoms with Crippen LogP contribution < -0.4 is 0 Å². The smallest absolute Gasteiger partial charge is 0.150 e. The maximum absolute atomic E-state index is 8.61. The Morgan fingerprint density at radius 2 is 1.18 bits per heavy atom. The SMILES string of the molecule is [2H]c1c([2H])c(-c2cnn(C3CCCCO3)c2)c([2H])c([2H])c1-c1cnn(C2CCCCO2)c1. The van der Waals surface area contributed by atoms with Crippen LogP contribution in [0.4, 0.5) is 0 Å². The zero-order valence-electron chi connectivity index (χ0n) is 19.7. The lowest BCUT2D eigenvalue weighted by Gasteiger charge is -2.22. The van der Waals surface area contributed by atoms with Gasteiger partial charge in [0.15, 0.2) is 0 Å². The first-order chi connectivity index (χ1) is 15.5. The highest BCUT2D eigenvalue weighted by Gasteiger charge is 2.18. The highest BCUT2D eigenvalue weighted by atomic mass is 16.5. The Hall–Kier alpha value is -2.44. The fraction of sp³-hybridized carbons (Fsp3) is 0.455. The van der Waals surface area contributed by atoms with Gasteiger partial charge in [0, 0.05) is 36.7 Å². The van der Waals surface area contributed by atoms with Crippen molar-refractivity contribution in [2.24, 2.45) is 0 Å². The van der Waals surface area contributed by atoms with E-state index in [1.807, 2.05) is 0 Å². The third-order valence-electron chi connectivity index (χ3n) is 5.31. The van der Waals surface area contributed by atoms with E-state index in [9.17, 15) is 0 Å². The summed E-state index contributed by atoms with van der Waals surface area (Å²) in [6.45, 7) is 1.38. The van der Waals surface area contributed by atoms with Gasteiger partial charge in [-0.25, -0.2) is 9.36 Å². The molecule has 5 rings (SSSR count). The molecule has 2 unspecified atom stereocenters. The van der Waals surface area contributed by atoms with Crippen molar-refractivity contribution in [1.82, 2.24) is 19.6 Å². The molecule has 1 aromatic carbocycles. The third-order valence-corrected chi connectivity index (χ3v) is 5.31. The van der Waals surface area contributed by atoms with Crippen LogP contribution in [0.25, 0.3) is 22.3 Å². The molecule has 2 aromatic heterocycles. The Labute approximate surface area is 170 Å². The quantitative estimate of drug-likeness (QED) is 0.650. The maximum Gasteiger partial charge on any atom is 0.150 e. The van der Waals surface area contributed by atoms with Crippen LogP contribution in [0, 0.1) is 0 Å². The lowest BCUT2D eigenvalue weighted by Crippen LogP contribution is -2.18. The Kier molecular flexibility index (Phi) is 3.86. The number of hydrogen-bond donors (Lipinski definition) is 0. The largest absolute Gasteiger partial charge is 0.357 e. The molecule has 6 nitrogen and oxygen atoms in total. The van der Waals surface area contributed by atoms with Crippen molar-refractivity contribution in [1.29, 1.82) is 0 Å². The first kappa shape index (κ1) is 13.7. The van der Waals surface area contributed by atoms with Crippen LogP contribution in [0.15, 0.2) is 49.0 Å². The second-order valence-corrected chi connectivity index (χ2v) is 7.31. The molecule has 2 aliphatic rings. The van der Waals surface area contributed by atoms with Crippen molar-refractivity contribution in [2.75, 3.05) is 13.2 Å². The van der Waals surface area contributed by atoms with Crippen molar-refractivity contribution in [3.63, 3.8) is 0 Å². The first-order valence-electron chi connectivity index (χ1n) is 12.0. The standard InChI is InChI=1S/C22H26N4O2/c1-3-11-27-21(5-1)25-15-19(13-23-25)17-7-9-18(10-8-17)20-14-24-26(16-20)22-6-2-4-12-28-22/h7-10,13-16,21-22H,1-6,11-12H2/i7D,8D,9D,10D. The molecule has 28 heavy (non-hydrogen) atoms. The van der Waals surface area contributed by atoms with Crippen LogP contribution in [0.2, 0.25) is 0 Å². The van der Waals surface area contributed by atoms with Gasteiger partial charge in [-0.1, -0.05) is 24.2 Å². The van der Waals surface area contributed by atoms with Gasteiger partial charge in [-0.3, -0.25) is 0 Å². The lowest BCUT2D eigenvalue weighted by molar-refractivity contribution is -0.0395. The highest BCUT2D eigenvalue weighted by Crippen LogP contribution is 2.29. The molecule has 4 heterocycles. The van der Waals surface area contributed by atoms with E-state index in [0.29, 0.717) is 24.3 Å². The summed E-state index contributed by atoms with van der Waals surface area (Å²) >= 11 is 0. The number of nitrogens with zero attached hydrogens (tertiary/aromatic N) is 4. The van der Waals surface area contributed by atoms with Crippen molar-refractivity contribution >= 4 is 0 Å². The monoisotopic (exact) mass is 382 g/mol. The molecule has 146 valence electrons. The van der Waals surface area contributed by atoms with Crippen LogP contribution in [0.3, 0.4) is 0 Å². The fourth-order valence-corrected chi connectivity index (χ4v) is 3.72. The summed E-state index contributed by atoms with van der Waals surface area (Å²) in [5, 5.41) is 8.74. The summed E-state index contributed by atoms with van der Waals surface area (Å²) in [7, 11) is 0. The predicted octanol–water partition coefficient (Wildman–Crippen LogP) is 4.81. The van der Waals surface area contributed by atoms with E-state index in [1.165, 1.54) is 0 Å². The Bertz CT molecular complexity index is 1000. The number of hydrogen-bond acceptors (Lipinski definition) is 4. The van der Waals surface area contributed by atoms with Gasteiger partial charge in [0.2, 0.25) is 0 Å². The molecule has 0 aliphatic carbocycles. The molecular weight excluding hydrogens is 352 g/mol. The average molecular weight is 383 g/mol. The van der Waals surface area contributed by atoms with Gasteiger partial charge in [0.05, 0.1) is 17.9 Å². The molecule has 2 saturated heterocycles. The van der Waals surface area contributed by atoms with Crippen LogP contribution in [0.1, 0.15) is 56.5 Å². The van der Waals surface area contributed by atoms with Gasteiger partial charge in [0.1, 0.15) is 12.5 Å². The minimum atomic E-state index is -0.154. The molecule has 0 amide bonds. The number of aromatic nitrogens is 4. The van der Waals surface area contributed by atoms with Crippen LogP contribution >= 0.6 is 0 Å². The van der Waals surface area contributed by atoms with Crippen molar-refractivity contribution in [3.05, 3.63) is 49.0 Å². The molecular formula is C22H26N4O2. The average Bonchev–Trinajstić information content (AvgIpc) is 3.50. The molecule has 0 bridgehead atoms. The summed E-state index contributed by atoms with van der Waals surface area (Å²) in [6.07, 6.45) is 12.3. The van der Waals surface area contributed by atoms with E-state index in [4.69, 9.17) is 15.0 Å². The third kappa shape index (κ3) is 3.62.